The van der Waals surface area contributed by atoms with E-state index in [1.807, 2.05) is 0 Å². The van der Waals surface area contributed by atoms with Crippen LogP contribution < -0.4 is 0 Å². The SMILES string of the molecule is OCCC1=C(CCO)C2CCC1C2. The third-order valence-corrected chi connectivity index (χ3v) is 3.59. The molecule has 0 spiro atoms. The number of hydrogen-bond donors (Lipinski definition) is 2. The van der Waals surface area contributed by atoms with Gasteiger partial charge in [0.25, 0.3) is 0 Å². The van der Waals surface area contributed by atoms with E-state index in [1.54, 1.807) is 0 Å². The van der Waals surface area contributed by atoms with Gasteiger partial charge in [-0.2, -0.15) is 0 Å². The van der Waals surface area contributed by atoms with Crippen molar-refractivity contribution in [1.29, 1.82) is 0 Å². The topological polar surface area (TPSA) is 40.5 Å². The highest BCUT2D eigenvalue weighted by molar-refractivity contribution is 5.29. The van der Waals surface area contributed by atoms with Crippen LogP contribution in [-0.4, -0.2) is 23.4 Å². The van der Waals surface area contributed by atoms with E-state index in [-0.39, 0.29) is 13.2 Å². The predicted octanol–water partition coefficient (Wildman–Crippen LogP) is 1.48. The second-order valence-electron chi connectivity index (χ2n) is 4.20. The summed E-state index contributed by atoms with van der Waals surface area (Å²) in [5.41, 5.74) is 2.96. The van der Waals surface area contributed by atoms with Gasteiger partial charge in [-0.1, -0.05) is 11.1 Å². The largest absolute Gasteiger partial charge is 0.396 e. The summed E-state index contributed by atoms with van der Waals surface area (Å²) in [4.78, 5) is 0. The van der Waals surface area contributed by atoms with E-state index in [1.165, 1.54) is 30.4 Å². The molecule has 2 bridgehead atoms. The Morgan fingerprint density at radius 2 is 1.38 bits per heavy atom. The normalized spacial score (nSPS) is 31.8. The Balaban J connectivity index is 2.14. The molecule has 2 aliphatic carbocycles. The molecule has 2 N–H and O–H groups in total. The van der Waals surface area contributed by atoms with Crippen LogP contribution in [0, 0.1) is 11.8 Å². The van der Waals surface area contributed by atoms with Gasteiger partial charge in [-0.05, 0) is 43.9 Å². The average Bonchev–Trinajstić information content (AvgIpc) is 2.69. The second kappa shape index (κ2) is 3.81. The van der Waals surface area contributed by atoms with Crippen molar-refractivity contribution in [3.05, 3.63) is 11.1 Å². The Morgan fingerprint density at radius 3 is 1.77 bits per heavy atom. The Hall–Kier alpha value is -0.340. The van der Waals surface area contributed by atoms with Crippen molar-refractivity contribution in [2.75, 3.05) is 13.2 Å². The first kappa shape index (κ1) is 9.22. The first-order valence-electron chi connectivity index (χ1n) is 5.30. The Morgan fingerprint density at radius 1 is 0.923 bits per heavy atom. The van der Waals surface area contributed by atoms with Gasteiger partial charge in [-0.3, -0.25) is 0 Å². The summed E-state index contributed by atoms with van der Waals surface area (Å²) >= 11 is 0. The lowest BCUT2D eigenvalue weighted by Gasteiger charge is -2.18. The van der Waals surface area contributed by atoms with Crippen LogP contribution in [-0.2, 0) is 0 Å². The minimum atomic E-state index is 0.271. The quantitative estimate of drug-likeness (QED) is 0.646. The summed E-state index contributed by atoms with van der Waals surface area (Å²) in [7, 11) is 0. The second-order valence-corrected chi connectivity index (χ2v) is 4.20. The molecule has 2 heteroatoms. The zero-order valence-corrected chi connectivity index (χ0v) is 8.00. The molecular weight excluding hydrogens is 164 g/mol. The van der Waals surface area contributed by atoms with Gasteiger partial charge in [0.1, 0.15) is 0 Å². The van der Waals surface area contributed by atoms with Gasteiger partial charge < -0.3 is 10.2 Å². The maximum absolute atomic E-state index is 8.94. The van der Waals surface area contributed by atoms with Crippen LogP contribution in [0.1, 0.15) is 32.1 Å². The Labute approximate surface area is 79.3 Å². The summed E-state index contributed by atoms with van der Waals surface area (Å²) < 4.78 is 0. The van der Waals surface area contributed by atoms with Crippen LogP contribution in [0.5, 0.6) is 0 Å². The molecule has 0 aromatic heterocycles. The van der Waals surface area contributed by atoms with Crippen LogP contribution in [0.15, 0.2) is 11.1 Å². The molecule has 2 aliphatic rings. The van der Waals surface area contributed by atoms with E-state index in [0.717, 1.165) is 24.7 Å². The fraction of sp³-hybridized carbons (Fsp3) is 0.818. The predicted molar refractivity (Wildman–Crippen MR) is 51.3 cm³/mol. The van der Waals surface area contributed by atoms with Gasteiger partial charge >= 0.3 is 0 Å². The summed E-state index contributed by atoms with van der Waals surface area (Å²) in [6, 6.07) is 0. The van der Waals surface area contributed by atoms with E-state index in [9.17, 15) is 0 Å². The maximum Gasteiger partial charge on any atom is 0.0468 e. The van der Waals surface area contributed by atoms with Crippen molar-refractivity contribution >= 4 is 0 Å². The van der Waals surface area contributed by atoms with E-state index in [0.29, 0.717) is 0 Å². The van der Waals surface area contributed by atoms with E-state index in [2.05, 4.69) is 0 Å². The molecule has 2 atom stereocenters. The van der Waals surface area contributed by atoms with Crippen LogP contribution >= 0.6 is 0 Å². The van der Waals surface area contributed by atoms with Crippen molar-refractivity contribution in [3.8, 4) is 0 Å². The molecular formula is C11H18O2. The van der Waals surface area contributed by atoms with Gasteiger partial charge in [0.15, 0.2) is 0 Å². The van der Waals surface area contributed by atoms with Crippen molar-refractivity contribution in [3.63, 3.8) is 0 Å². The van der Waals surface area contributed by atoms with Crippen LogP contribution in [0.25, 0.3) is 0 Å². The molecule has 0 heterocycles. The van der Waals surface area contributed by atoms with Crippen LogP contribution in [0.3, 0.4) is 0 Å². The zero-order chi connectivity index (χ0) is 9.26. The smallest absolute Gasteiger partial charge is 0.0468 e. The number of aliphatic hydroxyl groups excluding tert-OH is 2. The third kappa shape index (κ3) is 1.53. The maximum atomic E-state index is 8.94. The highest BCUT2D eigenvalue weighted by Crippen LogP contribution is 2.50. The van der Waals surface area contributed by atoms with Crippen molar-refractivity contribution < 1.29 is 10.2 Å². The highest BCUT2D eigenvalue weighted by atomic mass is 16.3. The molecule has 0 saturated heterocycles. The lowest BCUT2D eigenvalue weighted by Crippen LogP contribution is -2.06. The molecule has 0 aliphatic heterocycles. The molecule has 2 unspecified atom stereocenters. The van der Waals surface area contributed by atoms with Gasteiger partial charge in [0, 0.05) is 13.2 Å². The van der Waals surface area contributed by atoms with E-state index in [4.69, 9.17) is 10.2 Å². The summed E-state index contributed by atoms with van der Waals surface area (Å²) in [6.07, 6.45) is 5.61. The number of hydrogen-bond acceptors (Lipinski definition) is 2. The Bertz CT molecular complexity index is 198. The fourth-order valence-corrected chi connectivity index (χ4v) is 3.11. The lowest BCUT2D eigenvalue weighted by molar-refractivity contribution is 0.286. The van der Waals surface area contributed by atoms with Gasteiger partial charge in [-0.25, -0.2) is 0 Å². The number of fused-ring (bicyclic) bond motifs is 2. The van der Waals surface area contributed by atoms with E-state index < -0.39 is 0 Å². The fourth-order valence-electron chi connectivity index (χ4n) is 3.11. The summed E-state index contributed by atoms with van der Waals surface area (Å²) in [5.74, 6) is 1.50. The molecule has 2 nitrogen and oxygen atoms in total. The number of rotatable bonds is 4. The molecule has 1 fully saturated rings. The van der Waals surface area contributed by atoms with Crippen LogP contribution in [0.2, 0.25) is 0 Å². The molecule has 0 radical (unpaired) electrons. The lowest BCUT2D eigenvalue weighted by atomic mass is 9.88. The molecule has 2 rings (SSSR count). The third-order valence-electron chi connectivity index (χ3n) is 3.59. The van der Waals surface area contributed by atoms with Gasteiger partial charge in [-0.15, -0.1) is 0 Å². The first-order chi connectivity index (χ1) is 6.36. The molecule has 13 heavy (non-hydrogen) atoms. The minimum absolute atomic E-state index is 0.271. The first-order valence-corrected chi connectivity index (χ1v) is 5.30. The average molecular weight is 182 g/mol. The zero-order valence-electron chi connectivity index (χ0n) is 8.00. The van der Waals surface area contributed by atoms with Crippen molar-refractivity contribution in [2.45, 2.75) is 32.1 Å². The van der Waals surface area contributed by atoms with Gasteiger partial charge in [0.05, 0.1) is 0 Å². The highest BCUT2D eigenvalue weighted by Gasteiger charge is 2.37. The molecule has 0 aromatic carbocycles. The van der Waals surface area contributed by atoms with Gasteiger partial charge in [0.2, 0.25) is 0 Å². The monoisotopic (exact) mass is 182 g/mol. The summed E-state index contributed by atoms with van der Waals surface area (Å²) in [5, 5.41) is 17.9. The standard InChI is InChI=1S/C11H18O2/c12-5-3-10-8-1-2-9(7-8)11(10)4-6-13/h8-9,12-13H,1-7H2. The molecule has 1 saturated carbocycles. The molecule has 74 valence electrons. The van der Waals surface area contributed by atoms with Crippen LogP contribution in [0.4, 0.5) is 0 Å². The molecule has 0 aromatic rings. The summed E-state index contributed by atoms with van der Waals surface area (Å²) in [6.45, 7) is 0.543. The number of aliphatic hydroxyl groups is 2. The van der Waals surface area contributed by atoms with Crippen molar-refractivity contribution in [2.24, 2.45) is 11.8 Å². The Kier molecular flexibility index (Phi) is 2.70. The van der Waals surface area contributed by atoms with Crippen molar-refractivity contribution in [1.82, 2.24) is 0 Å². The minimum Gasteiger partial charge on any atom is -0.396 e. The van der Waals surface area contributed by atoms with E-state index >= 15 is 0 Å². The molecule has 0 amide bonds.